The van der Waals surface area contributed by atoms with E-state index in [1.807, 2.05) is 0 Å². The molecule has 1 fully saturated rings. The highest BCUT2D eigenvalue weighted by Crippen LogP contribution is 2.32. The van der Waals surface area contributed by atoms with Crippen LogP contribution in [0.25, 0.3) is 6.08 Å². The lowest BCUT2D eigenvalue weighted by molar-refractivity contribution is -0.137. The molecule has 2 rings (SSSR count). The van der Waals surface area contributed by atoms with Gasteiger partial charge in [0.2, 0.25) is 0 Å². The maximum atomic E-state index is 12.8. The predicted molar refractivity (Wildman–Crippen MR) is 63.5 cm³/mol. The van der Waals surface area contributed by atoms with Crippen LogP contribution in [0.2, 0.25) is 0 Å². The summed E-state index contributed by atoms with van der Waals surface area (Å²) >= 11 is 0. The Labute approximate surface area is 115 Å². The van der Waals surface area contributed by atoms with Gasteiger partial charge in [-0.1, -0.05) is 18.2 Å². The SMILES string of the molecule is [2H]C1([2H])CN(C(=O)/C=C/c2ccccc2C(F)(F)F)C(=O)O1. The minimum atomic E-state index is -4.58. The van der Waals surface area contributed by atoms with Crippen LogP contribution in [-0.4, -0.2) is 30.0 Å². The fourth-order valence-electron chi connectivity index (χ4n) is 1.60. The van der Waals surface area contributed by atoms with E-state index in [2.05, 4.69) is 4.74 Å². The monoisotopic (exact) mass is 287 g/mol. The smallest absolute Gasteiger partial charge is 0.416 e. The van der Waals surface area contributed by atoms with Crippen LogP contribution in [0.5, 0.6) is 0 Å². The van der Waals surface area contributed by atoms with Gasteiger partial charge in [0.05, 0.1) is 14.8 Å². The molecule has 0 bridgehead atoms. The molecular weight excluding hydrogens is 275 g/mol. The van der Waals surface area contributed by atoms with Gasteiger partial charge in [-0.3, -0.25) is 4.79 Å². The van der Waals surface area contributed by atoms with Crippen molar-refractivity contribution in [2.24, 2.45) is 0 Å². The summed E-state index contributed by atoms with van der Waals surface area (Å²) in [7, 11) is 0. The van der Waals surface area contributed by atoms with Crippen LogP contribution in [-0.2, 0) is 15.7 Å². The first-order valence-corrected chi connectivity index (χ1v) is 5.49. The maximum absolute atomic E-state index is 12.8. The average molecular weight is 287 g/mol. The van der Waals surface area contributed by atoms with Gasteiger partial charge in [-0.05, 0) is 17.7 Å². The van der Waals surface area contributed by atoms with E-state index in [-0.39, 0.29) is 5.56 Å². The first kappa shape index (κ1) is 11.5. The molecule has 4 nitrogen and oxygen atoms in total. The van der Waals surface area contributed by atoms with Crippen molar-refractivity contribution in [3.05, 3.63) is 41.5 Å². The van der Waals surface area contributed by atoms with Crippen LogP contribution in [0, 0.1) is 0 Å². The highest BCUT2D eigenvalue weighted by Gasteiger charge is 2.32. The van der Waals surface area contributed by atoms with Crippen molar-refractivity contribution in [3.8, 4) is 0 Å². The number of amides is 2. The number of carbonyl (C=O) groups is 2. The van der Waals surface area contributed by atoms with Crippen LogP contribution in [0.15, 0.2) is 30.3 Å². The summed E-state index contributed by atoms with van der Waals surface area (Å²) in [6.45, 7) is -2.92. The minimum Gasteiger partial charge on any atom is -0.447 e. The Kier molecular flexibility index (Phi) is 3.08. The number of ether oxygens (including phenoxy) is 1. The topological polar surface area (TPSA) is 46.6 Å². The van der Waals surface area contributed by atoms with Crippen LogP contribution >= 0.6 is 0 Å². The Hall–Kier alpha value is -2.31. The number of cyclic esters (lactones) is 1. The number of nitrogens with zero attached hydrogens (tertiary/aromatic N) is 1. The molecule has 1 heterocycles. The van der Waals surface area contributed by atoms with Crippen molar-refractivity contribution < 1.29 is 30.2 Å². The van der Waals surface area contributed by atoms with E-state index in [0.29, 0.717) is 4.90 Å². The molecule has 0 aromatic heterocycles. The summed E-state index contributed by atoms with van der Waals surface area (Å²) in [4.78, 5) is 23.5. The predicted octanol–water partition coefficient (Wildman–Crippen LogP) is 2.70. The average Bonchev–Trinajstić information content (AvgIpc) is 2.68. The number of halogens is 3. The molecule has 2 amide bonds. The third kappa shape index (κ3) is 2.98. The Bertz CT molecular complexity index is 644. The Balaban J connectivity index is 2.20. The standard InChI is InChI=1S/C13H10F3NO3/c14-13(15,16)10-4-2-1-3-9(10)5-6-11(18)17-7-8-20-12(17)19/h1-6H,7-8H2/b6-5+/i8D2. The van der Waals surface area contributed by atoms with Crippen molar-refractivity contribution in [1.82, 2.24) is 4.90 Å². The number of rotatable bonds is 2. The van der Waals surface area contributed by atoms with Crippen LogP contribution < -0.4 is 0 Å². The van der Waals surface area contributed by atoms with Crippen molar-refractivity contribution in [2.45, 2.75) is 6.18 Å². The third-order valence-electron chi connectivity index (χ3n) is 2.54. The van der Waals surface area contributed by atoms with E-state index in [1.165, 1.54) is 18.2 Å². The molecule has 20 heavy (non-hydrogen) atoms. The number of hydrogen-bond acceptors (Lipinski definition) is 3. The Morgan fingerprint density at radius 3 is 2.70 bits per heavy atom. The summed E-state index contributed by atoms with van der Waals surface area (Å²) < 4.78 is 57.1. The van der Waals surface area contributed by atoms with Crippen LogP contribution in [0.3, 0.4) is 0 Å². The second-order valence-electron chi connectivity index (χ2n) is 3.86. The highest BCUT2D eigenvalue weighted by molar-refractivity contribution is 6.01. The largest absolute Gasteiger partial charge is 0.447 e. The van der Waals surface area contributed by atoms with Crippen LogP contribution in [0.4, 0.5) is 18.0 Å². The van der Waals surface area contributed by atoms with Gasteiger partial charge in [0.25, 0.3) is 5.91 Å². The van der Waals surface area contributed by atoms with Gasteiger partial charge < -0.3 is 4.74 Å². The van der Waals surface area contributed by atoms with Gasteiger partial charge >= 0.3 is 12.3 Å². The molecule has 0 N–H and O–H groups in total. The fraction of sp³-hybridized carbons (Fsp3) is 0.231. The van der Waals surface area contributed by atoms with Gasteiger partial charge in [0.15, 0.2) is 0 Å². The summed E-state index contributed by atoms with van der Waals surface area (Å²) in [5, 5.41) is 0. The second kappa shape index (κ2) is 5.36. The van der Waals surface area contributed by atoms with E-state index >= 15 is 0 Å². The van der Waals surface area contributed by atoms with Crippen molar-refractivity contribution in [3.63, 3.8) is 0 Å². The zero-order valence-corrected chi connectivity index (χ0v) is 9.98. The normalized spacial score (nSPS) is 19.8. The third-order valence-corrected chi connectivity index (χ3v) is 2.54. The van der Waals surface area contributed by atoms with E-state index in [0.717, 1.165) is 18.2 Å². The zero-order valence-electron chi connectivity index (χ0n) is 12.0. The quantitative estimate of drug-likeness (QED) is 0.786. The first-order valence-electron chi connectivity index (χ1n) is 6.49. The molecule has 1 saturated heterocycles. The van der Waals surface area contributed by atoms with E-state index in [9.17, 15) is 22.8 Å². The van der Waals surface area contributed by atoms with Gasteiger partial charge in [-0.15, -0.1) is 0 Å². The molecule has 0 unspecified atom stereocenters. The second-order valence-corrected chi connectivity index (χ2v) is 3.86. The fourth-order valence-corrected chi connectivity index (χ4v) is 1.60. The number of carbonyl (C=O) groups excluding carboxylic acids is 2. The lowest BCUT2D eigenvalue weighted by Gasteiger charge is -2.10. The number of benzene rings is 1. The molecule has 0 atom stereocenters. The first-order chi connectivity index (χ1) is 10.1. The Morgan fingerprint density at radius 1 is 1.40 bits per heavy atom. The molecule has 0 saturated carbocycles. The molecule has 1 aliphatic rings. The molecule has 1 aromatic carbocycles. The van der Waals surface area contributed by atoms with Gasteiger partial charge in [0, 0.05) is 6.08 Å². The van der Waals surface area contributed by atoms with Gasteiger partial charge in [-0.2, -0.15) is 13.2 Å². The molecule has 1 aliphatic heterocycles. The van der Waals surface area contributed by atoms with E-state index in [1.54, 1.807) is 0 Å². The number of hydrogen-bond donors (Lipinski definition) is 0. The number of imide groups is 1. The van der Waals surface area contributed by atoms with Gasteiger partial charge in [0.1, 0.15) is 6.56 Å². The summed E-state index contributed by atoms with van der Waals surface area (Å²) in [5.74, 6) is -0.955. The minimum absolute atomic E-state index is 0.237. The zero-order chi connectivity index (χ0) is 16.5. The lowest BCUT2D eigenvalue weighted by atomic mass is 10.1. The molecule has 0 spiro atoms. The summed E-state index contributed by atoms with van der Waals surface area (Å²) in [5.41, 5.74) is -1.16. The molecule has 1 aromatic rings. The summed E-state index contributed by atoms with van der Waals surface area (Å²) in [6.07, 6.45) is -4.06. The molecule has 7 heteroatoms. The van der Waals surface area contributed by atoms with E-state index < -0.39 is 36.8 Å². The van der Waals surface area contributed by atoms with Crippen molar-refractivity contribution >= 4 is 18.1 Å². The Morgan fingerprint density at radius 2 is 2.10 bits per heavy atom. The van der Waals surface area contributed by atoms with Crippen LogP contribution in [0.1, 0.15) is 13.9 Å². The highest BCUT2D eigenvalue weighted by atomic mass is 19.4. The molecular formula is C13H10F3NO3. The van der Waals surface area contributed by atoms with E-state index in [4.69, 9.17) is 2.74 Å². The van der Waals surface area contributed by atoms with Gasteiger partial charge in [-0.25, -0.2) is 9.69 Å². The maximum Gasteiger partial charge on any atom is 0.416 e. The van der Waals surface area contributed by atoms with Crippen molar-refractivity contribution in [2.75, 3.05) is 13.1 Å². The summed E-state index contributed by atoms with van der Waals surface area (Å²) in [6, 6.07) is 4.64. The lowest BCUT2D eigenvalue weighted by Crippen LogP contribution is -2.29. The molecule has 106 valence electrons. The number of alkyl halides is 3. The molecule has 0 radical (unpaired) electrons. The van der Waals surface area contributed by atoms with Crippen molar-refractivity contribution in [1.29, 1.82) is 0 Å². The molecule has 0 aliphatic carbocycles.